The van der Waals surface area contributed by atoms with Crippen LogP contribution in [0.15, 0.2) is 22.7 Å². The molecule has 0 saturated carbocycles. The zero-order valence-corrected chi connectivity index (χ0v) is 13.7. The van der Waals surface area contributed by atoms with Crippen molar-refractivity contribution in [2.24, 2.45) is 0 Å². The van der Waals surface area contributed by atoms with Crippen LogP contribution in [0.5, 0.6) is 0 Å². The molecule has 0 spiro atoms. The molecule has 6 heteroatoms. The van der Waals surface area contributed by atoms with Crippen molar-refractivity contribution in [3.8, 4) is 0 Å². The van der Waals surface area contributed by atoms with Crippen LogP contribution in [0.4, 0.5) is 5.69 Å². The highest BCUT2D eigenvalue weighted by Gasteiger charge is 2.16. The molecular weight excluding hydrogens is 334 g/mol. The van der Waals surface area contributed by atoms with E-state index in [1.54, 1.807) is 4.90 Å². The second kappa shape index (κ2) is 7.56. The number of rotatable bonds is 5. The van der Waals surface area contributed by atoms with Crippen LogP contribution >= 0.6 is 15.9 Å². The minimum absolute atomic E-state index is 0.0261. The molecule has 1 aromatic rings. The lowest BCUT2D eigenvalue weighted by atomic mass is 10.2. The Balaban J connectivity index is 1.76. The number of amides is 2. The highest BCUT2D eigenvalue weighted by molar-refractivity contribution is 9.10. The van der Waals surface area contributed by atoms with E-state index in [4.69, 9.17) is 0 Å². The number of carbonyl (C=O) groups is 2. The molecule has 1 aromatic carbocycles. The average Bonchev–Trinajstić information content (AvgIpc) is 2.48. The van der Waals surface area contributed by atoms with E-state index in [-0.39, 0.29) is 5.91 Å². The molecule has 1 N–H and O–H groups in total. The fourth-order valence-corrected chi connectivity index (χ4v) is 2.81. The first kappa shape index (κ1) is 16.0. The standard InChI is InChI=1S/C15H20BrN3O2/c1-12-10-13(16)2-3-14(12)17-15(21)4-5-18-6-8-19(11-20)9-7-18/h2-3,10-11H,4-9H2,1H3,(H,17,21). The number of piperazine rings is 1. The van der Waals surface area contributed by atoms with Crippen molar-refractivity contribution in [3.05, 3.63) is 28.2 Å². The number of halogens is 1. The summed E-state index contributed by atoms with van der Waals surface area (Å²) in [7, 11) is 0. The Labute approximate surface area is 133 Å². The lowest BCUT2D eigenvalue weighted by Gasteiger charge is -2.32. The topological polar surface area (TPSA) is 52.7 Å². The van der Waals surface area contributed by atoms with Gasteiger partial charge in [-0.3, -0.25) is 14.5 Å². The number of nitrogens with zero attached hydrogens (tertiary/aromatic N) is 2. The molecule has 1 aliphatic rings. The SMILES string of the molecule is Cc1cc(Br)ccc1NC(=O)CCN1CCN(C=O)CC1. The minimum atomic E-state index is 0.0261. The van der Waals surface area contributed by atoms with E-state index >= 15 is 0 Å². The van der Waals surface area contributed by atoms with Gasteiger partial charge in [-0.2, -0.15) is 0 Å². The molecule has 1 heterocycles. The highest BCUT2D eigenvalue weighted by Crippen LogP contribution is 2.20. The third kappa shape index (κ3) is 4.82. The maximum atomic E-state index is 12.0. The Bertz CT molecular complexity index is 514. The summed E-state index contributed by atoms with van der Waals surface area (Å²) in [5, 5.41) is 2.94. The number of anilines is 1. The van der Waals surface area contributed by atoms with Crippen molar-refractivity contribution in [1.29, 1.82) is 0 Å². The Hall–Kier alpha value is -1.40. The average molecular weight is 354 g/mol. The van der Waals surface area contributed by atoms with Gasteiger partial charge in [0.05, 0.1) is 0 Å². The number of benzene rings is 1. The largest absolute Gasteiger partial charge is 0.343 e. The van der Waals surface area contributed by atoms with Crippen LogP contribution in [-0.4, -0.2) is 54.8 Å². The van der Waals surface area contributed by atoms with Gasteiger partial charge in [0.1, 0.15) is 0 Å². The molecule has 1 saturated heterocycles. The lowest BCUT2D eigenvalue weighted by Crippen LogP contribution is -2.46. The second-order valence-corrected chi connectivity index (χ2v) is 6.16. The lowest BCUT2D eigenvalue weighted by molar-refractivity contribution is -0.120. The van der Waals surface area contributed by atoms with Gasteiger partial charge < -0.3 is 10.2 Å². The van der Waals surface area contributed by atoms with E-state index < -0.39 is 0 Å². The van der Waals surface area contributed by atoms with Gasteiger partial charge in [0.2, 0.25) is 12.3 Å². The fourth-order valence-electron chi connectivity index (χ4n) is 2.33. The molecule has 21 heavy (non-hydrogen) atoms. The van der Waals surface area contributed by atoms with Gasteiger partial charge in [0.25, 0.3) is 0 Å². The summed E-state index contributed by atoms with van der Waals surface area (Å²) >= 11 is 3.41. The van der Waals surface area contributed by atoms with Crippen LogP contribution in [0.3, 0.4) is 0 Å². The van der Waals surface area contributed by atoms with Crippen molar-refractivity contribution in [2.75, 3.05) is 38.0 Å². The van der Waals surface area contributed by atoms with Crippen molar-refractivity contribution in [1.82, 2.24) is 9.80 Å². The third-order valence-electron chi connectivity index (χ3n) is 3.67. The maximum Gasteiger partial charge on any atom is 0.225 e. The Morgan fingerprint density at radius 1 is 1.33 bits per heavy atom. The summed E-state index contributed by atoms with van der Waals surface area (Å²) in [6.45, 7) is 5.87. The second-order valence-electron chi connectivity index (χ2n) is 5.24. The maximum absolute atomic E-state index is 12.0. The van der Waals surface area contributed by atoms with E-state index in [9.17, 15) is 9.59 Å². The van der Waals surface area contributed by atoms with Crippen LogP contribution in [0, 0.1) is 6.92 Å². The first-order valence-electron chi connectivity index (χ1n) is 7.06. The molecule has 2 rings (SSSR count). The number of hydrogen-bond acceptors (Lipinski definition) is 3. The third-order valence-corrected chi connectivity index (χ3v) is 4.17. The molecule has 0 unspecified atom stereocenters. The Kier molecular flexibility index (Phi) is 5.76. The monoisotopic (exact) mass is 353 g/mol. The molecule has 5 nitrogen and oxygen atoms in total. The molecule has 0 aromatic heterocycles. The minimum Gasteiger partial charge on any atom is -0.343 e. The van der Waals surface area contributed by atoms with Gasteiger partial charge in [-0.05, 0) is 30.7 Å². The zero-order chi connectivity index (χ0) is 15.2. The molecule has 0 radical (unpaired) electrons. The van der Waals surface area contributed by atoms with E-state index in [0.717, 1.165) is 54.9 Å². The van der Waals surface area contributed by atoms with Gasteiger partial charge in [-0.1, -0.05) is 15.9 Å². The molecule has 0 bridgehead atoms. The van der Waals surface area contributed by atoms with E-state index in [1.165, 1.54) is 0 Å². The number of nitrogens with one attached hydrogen (secondary N) is 1. The molecule has 114 valence electrons. The van der Waals surface area contributed by atoms with Gasteiger partial charge in [-0.25, -0.2) is 0 Å². The van der Waals surface area contributed by atoms with Crippen molar-refractivity contribution in [2.45, 2.75) is 13.3 Å². The normalized spacial score (nSPS) is 15.8. The summed E-state index contributed by atoms with van der Waals surface area (Å²) in [5.74, 6) is 0.0261. The van der Waals surface area contributed by atoms with E-state index in [1.807, 2.05) is 25.1 Å². The summed E-state index contributed by atoms with van der Waals surface area (Å²) in [6, 6.07) is 5.80. The highest BCUT2D eigenvalue weighted by atomic mass is 79.9. The molecule has 1 fully saturated rings. The first-order chi connectivity index (χ1) is 10.1. The van der Waals surface area contributed by atoms with E-state index in [2.05, 4.69) is 26.1 Å². The van der Waals surface area contributed by atoms with Crippen LogP contribution in [0.1, 0.15) is 12.0 Å². The van der Waals surface area contributed by atoms with Crippen LogP contribution in [0.2, 0.25) is 0 Å². The quantitative estimate of drug-likeness (QED) is 0.822. The fraction of sp³-hybridized carbons (Fsp3) is 0.467. The summed E-state index contributed by atoms with van der Waals surface area (Å²) < 4.78 is 1.01. The van der Waals surface area contributed by atoms with Gasteiger partial charge >= 0.3 is 0 Å². The number of carbonyl (C=O) groups excluding carboxylic acids is 2. The number of aryl methyl sites for hydroxylation is 1. The summed E-state index contributed by atoms with van der Waals surface area (Å²) in [4.78, 5) is 26.6. The molecule has 0 aliphatic carbocycles. The van der Waals surface area contributed by atoms with Crippen molar-refractivity contribution >= 4 is 33.9 Å². The molecule has 1 aliphatic heterocycles. The van der Waals surface area contributed by atoms with Gasteiger partial charge in [-0.15, -0.1) is 0 Å². The predicted octanol–water partition coefficient (Wildman–Crippen LogP) is 1.86. The van der Waals surface area contributed by atoms with Gasteiger partial charge in [0, 0.05) is 49.3 Å². The zero-order valence-electron chi connectivity index (χ0n) is 12.1. The smallest absolute Gasteiger partial charge is 0.225 e. The molecule has 0 atom stereocenters. The van der Waals surface area contributed by atoms with Gasteiger partial charge in [0.15, 0.2) is 0 Å². The van der Waals surface area contributed by atoms with Crippen molar-refractivity contribution < 1.29 is 9.59 Å². The molecular formula is C15H20BrN3O2. The Morgan fingerprint density at radius 2 is 2.05 bits per heavy atom. The number of hydrogen-bond donors (Lipinski definition) is 1. The predicted molar refractivity (Wildman–Crippen MR) is 86.2 cm³/mol. The van der Waals surface area contributed by atoms with Crippen LogP contribution in [-0.2, 0) is 9.59 Å². The van der Waals surface area contributed by atoms with E-state index in [0.29, 0.717) is 6.42 Å². The summed E-state index contributed by atoms with van der Waals surface area (Å²) in [5.41, 5.74) is 1.89. The van der Waals surface area contributed by atoms with Crippen LogP contribution in [0.25, 0.3) is 0 Å². The van der Waals surface area contributed by atoms with Crippen molar-refractivity contribution in [3.63, 3.8) is 0 Å². The molecule has 2 amide bonds. The first-order valence-corrected chi connectivity index (χ1v) is 7.85. The van der Waals surface area contributed by atoms with Crippen LogP contribution < -0.4 is 5.32 Å². The Morgan fingerprint density at radius 3 is 2.67 bits per heavy atom. The summed E-state index contributed by atoms with van der Waals surface area (Å²) in [6.07, 6.45) is 1.36.